The molecule has 0 saturated heterocycles. The van der Waals surface area contributed by atoms with Crippen LogP contribution >= 0.6 is 11.3 Å². The maximum Gasteiger partial charge on any atom is 0.337 e. The summed E-state index contributed by atoms with van der Waals surface area (Å²) in [6.07, 6.45) is 7.07. The van der Waals surface area contributed by atoms with Crippen molar-refractivity contribution in [1.82, 2.24) is 14.8 Å². The van der Waals surface area contributed by atoms with Gasteiger partial charge in [0.15, 0.2) is 6.10 Å². The molecule has 6 nitrogen and oxygen atoms in total. The third kappa shape index (κ3) is 3.69. The summed E-state index contributed by atoms with van der Waals surface area (Å²) in [6.45, 7) is 7.51. The highest BCUT2D eigenvalue weighted by atomic mass is 32.1. The van der Waals surface area contributed by atoms with E-state index in [4.69, 9.17) is 9.72 Å². The monoisotopic (exact) mass is 413 g/mol. The topological polar surface area (TPSA) is 77.2 Å². The lowest BCUT2D eigenvalue weighted by atomic mass is 9.89. The van der Waals surface area contributed by atoms with Gasteiger partial charge < -0.3 is 9.84 Å². The van der Waals surface area contributed by atoms with Gasteiger partial charge in [0.05, 0.1) is 11.8 Å². The van der Waals surface area contributed by atoms with Crippen molar-refractivity contribution < 1.29 is 14.6 Å². The fourth-order valence-electron chi connectivity index (χ4n) is 4.17. The first-order chi connectivity index (χ1) is 13.7. The number of rotatable bonds is 4. The molecule has 0 aliphatic heterocycles. The lowest BCUT2D eigenvalue weighted by Gasteiger charge is -2.27. The van der Waals surface area contributed by atoms with Crippen LogP contribution in [-0.4, -0.2) is 31.4 Å². The zero-order valence-corrected chi connectivity index (χ0v) is 18.4. The molecule has 1 aliphatic carbocycles. The molecule has 3 aromatic heterocycles. The number of aliphatic carboxylic acids is 1. The molecule has 154 valence electrons. The second-order valence-electron chi connectivity index (χ2n) is 8.73. The average Bonchev–Trinajstić information content (AvgIpc) is 3.21. The van der Waals surface area contributed by atoms with Gasteiger partial charge in [0.25, 0.3) is 0 Å². The van der Waals surface area contributed by atoms with Crippen molar-refractivity contribution in [2.24, 2.45) is 7.05 Å². The third-order valence-electron chi connectivity index (χ3n) is 5.28. The molecule has 0 bridgehead atoms. The smallest absolute Gasteiger partial charge is 0.337 e. The van der Waals surface area contributed by atoms with Crippen molar-refractivity contribution in [3.8, 4) is 11.1 Å². The molecule has 0 radical (unpaired) electrons. The number of thiophene rings is 1. The van der Waals surface area contributed by atoms with Crippen LogP contribution in [-0.2, 0) is 29.4 Å². The lowest BCUT2D eigenvalue weighted by Crippen LogP contribution is -2.28. The van der Waals surface area contributed by atoms with E-state index in [-0.39, 0.29) is 0 Å². The number of pyridine rings is 1. The Balaban J connectivity index is 2.07. The van der Waals surface area contributed by atoms with Gasteiger partial charge in [-0.15, -0.1) is 11.3 Å². The Morgan fingerprint density at radius 1 is 1.31 bits per heavy atom. The van der Waals surface area contributed by atoms with E-state index in [1.807, 2.05) is 40.9 Å². The van der Waals surface area contributed by atoms with Crippen LogP contribution in [0.3, 0.4) is 0 Å². The first-order valence-electron chi connectivity index (χ1n) is 10.00. The van der Waals surface area contributed by atoms with Gasteiger partial charge in [-0.1, -0.05) is 0 Å². The molecule has 3 heterocycles. The van der Waals surface area contributed by atoms with Crippen LogP contribution in [0.2, 0.25) is 0 Å². The SMILES string of the molecule is Cc1nc2sc3c(c2c(-c2cnn(C)c2)c1C(OC(C)(C)C)C(=O)O)CCCC3. The Morgan fingerprint density at radius 2 is 2.03 bits per heavy atom. The number of hydrogen-bond donors (Lipinski definition) is 1. The van der Waals surface area contributed by atoms with E-state index in [0.29, 0.717) is 11.3 Å². The third-order valence-corrected chi connectivity index (χ3v) is 6.47. The number of aromatic nitrogens is 3. The Morgan fingerprint density at radius 3 is 2.66 bits per heavy atom. The van der Waals surface area contributed by atoms with E-state index in [2.05, 4.69) is 5.10 Å². The first kappa shape index (κ1) is 20.0. The molecule has 29 heavy (non-hydrogen) atoms. The number of carboxylic acids is 1. The van der Waals surface area contributed by atoms with E-state index in [1.165, 1.54) is 16.9 Å². The lowest BCUT2D eigenvalue weighted by molar-refractivity contribution is -0.160. The standard InChI is InChI=1S/C22H27N3O3S/c1-12-16(19(21(26)27)28-22(2,3)4)17(13-10-23-25(5)11-13)18-14-8-6-7-9-15(14)29-20(18)24-12/h10-11,19H,6-9H2,1-5H3,(H,26,27). The summed E-state index contributed by atoms with van der Waals surface area (Å²) in [6, 6.07) is 0. The van der Waals surface area contributed by atoms with Gasteiger partial charge in [-0.3, -0.25) is 4.68 Å². The minimum atomic E-state index is -1.10. The van der Waals surface area contributed by atoms with E-state index in [0.717, 1.165) is 40.6 Å². The number of ether oxygens (including phenoxy) is 1. The van der Waals surface area contributed by atoms with E-state index >= 15 is 0 Å². The van der Waals surface area contributed by atoms with Gasteiger partial charge in [0.2, 0.25) is 0 Å². The van der Waals surface area contributed by atoms with Crippen molar-refractivity contribution in [2.45, 2.75) is 65.1 Å². The van der Waals surface area contributed by atoms with Crippen molar-refractivity contribution in [3.63, 3.8) is 0 Å². The maximum absolute atomic E-state index is 12.3. The highest BCUT2D eigenvalue weighted by molar-refractivity contribution is 7.19. The first-order valence-corrected chi connectivity index (χ1v) is 10.8. The molecule has 1 N–H and O–H groups in total. The van der Waals surface area contributed by atoms with E-state index < -0.39 is 17.7 Å². The number of fused-ring (bicyclic) bond motifs is 3. The van der Waals surface area contributed by atoms with Gasteiger partial charge in [-0.2, -0.15) is 5.10 Å². The number of carbonyl (C=O) groups is 1. The molecule has 3 aromatic rings. The summed E-state index contributed by atoms with van der Waals surface area (Å²) in [5.74, 6) is -1.00. The summed E-state index contributed by atoms with van der Waals surface area (Å²) in [5.41, 5.74) is 3.88. The van der Waals surface area contributed by atoms with Gasteiger partial charge in [-0.05, 0) is 58.9 Å². The summed E-state index contributed by atoms with van der Waals surface area (Å²) in [7, 11) is 1.87. The van der Waals surface area contributed by atoms with Crippen LogP contribution in [0, 0.1) is 6.92 Å². The molecule has 1 atom stereocenters. The van der Waals surface area contributed by atoms with Crippen LogP contribution < -0.4 is 0 Å². The summed E-state index contributed by atoms with van der Waals surface area (Å²) >= 11 is 1.74. The molecule has 0 spiro atoms. The van der Waals surface area contributed by atoms with Crippen LogP contribution in [0.1, 0.15) is 61.4 Å². The van der Waals surface area contributed by atoms with Gasteiger partial charge in [0.1, 0.15) is 4.83 Å². The Bertz CT molecular complexity index is 1090. The van der Waals surface area contributed by atoms with E-state index in [9.17, 15) is 9.90 Å². The Labute approximate surface area is 174 Å². The summed E-state index contributed by atoms with van der Waals surface area (Å²) < 4.78 is 7.79. The molecule has 1 aliphatic rings. The zero-order chi connectivity index (χ0) is 20.9. The Kier molecular flexibility index (Phi) is 4.99. The quantitative estimate of drug-likeness (QED) is 0.663. The highest BCUT2D eigenvalue weighted by Crippen LogP contribution is 2.45. The average molecular weight is 414 g/mol. The molecule has 0 fully saturated rings. The summed E-state index contributed by atoms with van der Waals surface area (Å²) in [5, 5.41) is 15.5. The van der Waals surface area contributed by atoms with Crippen molar-refractivity contribution in [1.29, 1.82) is 0 Å². The normalized spacial score (nSPS) is 15.5. The molecule has 4 rings (SSSR count). The second kappa shape index (κ2) is 7.22. The number of carboxylic acid groups (broad SMARTS) is 1. The minimum absolute atomic E-state index is 0.606. The molecule has 0 aromatic carbocycles. The molecule has 0 amide bonds. The molecular formula is C22H27N3O3S. The predicted molar refractivity (Wildman–Crippen MR) is 114 cm³/mol. The second-order valence-corrected chi connectivity index (χ2v) is 9.81. The molecule has 7 heteroatoms. The molecule has 0 saturated carbocycles. The molecule has 1 unspecified atom stereocenters. The van der Waals surface area contributed by atoms with Gasteiger partial charge in [0, 0.05) is 45.9 Å². The Hall–Kier alpha value is -2.25. The highest BCUT2D eigenvalue weighted by Gasteiger charge is 2.34. The zero-order valence-electron chi connectivity index (χ0n) is 17.6. The summed E-state index contributed by atoms with van der Waals surface area (Å²) in [4.78, 5) is 19.5. The van der Waals surface area contributed by atoms with E-state index in [1.54, 1.807) is 22.2 Å². The number of aryl methyl sites for hydroxylation is 4. The minimum Gasteiger partial charge on any atom is -0.479 e. The largest absolute Gasteiger partial charge is 0.479 e. The predicted octanol–water partition coefficient (Wildman–Crippen LogP) is 4.82. The molecular weight excluding hydrogens is 386 g/mol. The van der Waals surface area contributed by atoms with Crippen LogP contribution in [0.15, 0.2) is 12.4 Å². The van der Waals surface area contributed by atoms with Gasteiger partial charge in [-0.25, -0.2) is 9.78 Å². The maximum atomic E-state index is 12.3. The van der Waals surface area contributed by atoms with Crippen LogP contribution in [0.5, 0.6) is 0 Å². The van der Waals surface area contributed by atoms with Crippen LogP contribution in [0.4, 0.5) is 0 Å². The fourth-order valence-corrected chi connectivity index (χ4v) is 5.49. The van der Waals surface area contributed by atoms with Crippen molar-refractivity contribution in [3.05, 3.63) is 34.1 Å². The fraction of sp³-hybridized carbons (Fsp3) is 0.500. The van der Waals surface area contributed by atoms with Crippen LogP contribution in [0.25, 0.3) is 21.3 Å². The van der Waals surface area contributed by atoms with Crippen molar-refractivity contribution in [2.75, 3.05) is 0 Å². The van der Waals surface area contributed by atoms with Crippen molar-refractivity contribution >= 4 is 27.5 Å². The number of nitrogens with zero attached hydrogens (tertiary/aromatic N) is 3. The number of hydrogen-bond acceptors (Lipinski definition) is 5. The van der Waals surface area contributed by atoms with Gasteiger partial charge >= 0.3 is 5.97 Å².